The Hall–Kier alpha value is -1.83. The van der Waals surface area contributed by atoms with E-state index in [2.05, 4.69) is 11.4 Å². The van der Waals surface area contributed by atoms with Crippen molar-refractivity contribution in [3.63, 3.8) is 0 Å². The van der Waals surface area contributed by atoms with Gasteiger partial charge in [0.1, 0.15) is 0 Å². The molecule has 0 radical (unpaired) electrons. The number of benzene rings is 2. The lowest BCUT2D eigenvalue weighted by atomic mass is 10.2. The van der Waals surface area contributed by atoms with Crippen LogP contribution in [0.15, 0.2) is 46.2 Å². The van der Waals surface area contributed by atoms with E-state index in [-0.39, 0.29) is 16.6 Å². The molecule has 0 saturated heterocycles. The van der Waals surface area contributed by atoms with Crippen molar-refractivity contribution in [2.75, 3.05) is 24.2 Å². The van der Waals surface area contributed by atoms with Crippen molar-refractivity contribution in [1.82, 2.24) is 4.31 Å². The molecule has 152 valence electrons. The standard InChI is InChI=1S/C21H28N2O3S2/c1-6-23(7-2)28(25,26)18-11-10-16(4)19(13-18)22-21(24)14-27-20-12-15(3)8-9-17(20)5/h8-13H,6-7,14H2,1-5H3,(H,22,24). The Labute approximate surface area is 172 Å². The summed E-state index contributed by atoms with van der Waals surface area (Å²) < 4.78 is 26.9. The second kappa shape index (κ2) is 9.58. The van der Waals surface area contributed by atoms with Gasteiger partial charge in [0.15, 0.2) is 0 Å². The minimum absolute atomic E-state index is 0.161. The number of anilines is 1. The Balaban J connectivity index is 2.15. The summed E-state index contributed by atoms with van der Waals surface area (Å²) in [5.74, 6) is 0.0999. The maximum Gasteiger partial charge on any atom is 0.243 e. The summed E-state index contributed by atoms with van der Waals surface area (Å²) in [6.45, 7) is 10.3. The lowest BCUT2D eigenvalue weighted by molar-refractivity contribution is -0.113. The highest BCUT2D eigenvalue weighted by atomic mass is 32.2. The van der Waals surface area contributed by atoms with E-state index in [0.29, 0.717) is 18.8 Å². The summed E-state index contributed by atoms with van der Waals surface area (Å²) in [6.07, 6.45) is 0. The molecule has 0 atom stereocenters. The summed E-state index contributed by atoms with van der Waals surface area (Å²) in [7, 11) is -3.57. The minimum Gasteiger partial charge on any atom is -0.325 e. The van der Waals surface area contributed by atoms with E-state index in [9.17, 15) is 13.2 Å². The summed E-state index contributed by atoms with van der Waals surface area (Å²) in [4.78, 5) is 13.7. The molecule has 1 amide bonds. The molecule has 0 heterocycles. The summed E-state index contributed by atoms with van der Waals surface area (Å²) in [5.41, 5.74) is 3.63. The fraction of sp³-hybridized carbons (Fsp3) is 0.381. The molecule has 0 saturated carbocycles. The van der Waals surface area contributed by atoms with Crippen LogP contribution in [0.1, 0.15) is 30.5 Å². The summed E-state index contributed by atoms with van der Waals surface area (Å²) in [6, 6.07) is 11.0. The Morgan fingerprint density at radius 2 is 1.64 bits per heavy atom. The average molecular weight is 421 g/mol. The molecule has 0 bridgehead atoms. The van der Waals surface area contributed by atoms with Crippen LogP contribution < -0.4 is 5.32 Å². The number of carbonyl (C=O) groups is 1. The number of nitrogens with zero attached hydrogens (tertiary/aromatic N) is 1. The van der Waals surface area contributed by atoms with Gasteiger partial charge in [-0.1, -0.05) is 37.6 Å². The van der Waals surface area contributed by atoms with E-state index in [0.717, 1.165) is 21.6 Å². The molecule has 0 aromatic heterocycles. The number of hydrogen-bond acceptors (Lipinski definition) is 4. The van der Waals surface area contributed by atoms with Crippen LogP contribution >= 0.6 is 11.8 Å². The van der Waals surface area contributed by atoms with Gasteiger partial charge >= 0.3 is 0 Å². The number of sulfonamides is 1. The number of nitrogens with one attached hydrogen (secondary N) is 1. The molecule has 2 aromatic carbocycles. The van der Waals surface area contributed by atoms with Crippen LogP contribution in [0.4, 0.5) is 5.69 Å². The second-order valence-corrected chi connectivity index (χ2v) is 9.63. The van der Waals surface area contributed by atoms with Crippen molar-refractivity contribution in [2.24, 2.45) is 0 Å². The molecule has 0 spiro atoms. The van der Waals surface area contributed by atoms with Gasteiger partial charge in [-0.2, -0.15) is 4.31 Å². The fourth-order valence-corrected chi connectivity index (χ4v) is 5.21. The Morgan fingerprint density at radius 1 is 1.00 bits per heavy atom. The highest BCUT2D eigenvalue weighted by Crippen LogP contribution is 2.25. The van der Waals surface area contributed by atoms with E-state index in [1.165, 1.54) is 16.1 Å². The second-order valence-electron chi connectivity index (χ2n) is 6.67. The van der Waals surface area contributed by atoms with Crippen LogP contribution in [0.2, 0.25) is 0 Å². The van der Waals surface area contributed by atoms with Crippen LogP contribution in [0.5, 0.6) is 0 Å². The van der Waals surface area contributed by atoms with Crippen LogP contribution in [0.3, 0.4) is 0 Å². The number of aryl methyl sites for hydroxylation is 3. The van der Waals surface area contributed by atoms with Gasteiger partial charge in [0, 0.05) is 23.7 Å². The topological polar surface area (TPSA) is 66.5 Å². The molecule has 0 unspecified atom stereocenters. The average Bonchev–Trinajstić information content (AvgIpc) is 2.65. The third-order valence-corrected chi connectivity index (χ3v) is 7.73. The fourth-order valence-electron chi connectivity index (χ4n) is 2.80. The molecular weight excluding hydrogens is 392 g/mol. The number of rotatable bonds is 8. The molecule has 28 heavy (non-hydrogen) atoms. The first-order chi connectivity index (χ1) is 13.2. The predicted molar refractivity (Wildman–Crippen MR) is 117 cm³/mol. The van der Waals surface area contributed by atoms with E-state index < -0.39 is 10.0 Å². The summed E-state index contributed by atoms with van der Waals surface area (Å²) >= 11 is 1.48. The van der Waals surface area contributed by atoms with Gasteiger partial charge in [-0.3, -0.25) is 4.79 Å². The first-order valence-electron chi connectivity index (χ1n) is 9.29. The quantitative estimate of drug-likeness (QED) is 0.644. The Kier molecular flexibility index (Phi) is 7.69. The predicted octanol–water partition coefficient (Wildman–Crippen LogP) is 4.37. The minimum atomic E-state index is -3.57. The molecule has 2 aromatic rings. The highest BCUT2D eigenvalue weighted by Gasteiger charge is 2.22. The van der Waals surface area contributed by atoms with Gasteiger partial charge < -0.3 is 5.32 Å². The van der Waals surface area contributed by atoms with Gasteiger partial charge in [0.25, 0.3) is 0 Å². The first kappa shape index (κ1) is 22.5. The smallest absolute Gasteiger partial charge is 0.243 e. The molecule has 0 aliphatic carbocycles. The zero-order valence-corrected chi connectivity index (χ0v) is 18.7. The van der Waals surface area contributed by atoms with Crippen LogP contribution in [0.25, 0.3) is 0 Å². The third-order valence-electron chi connectivity index (χ3n) is 4.53. The Bertz CT molecular complexity index is 952. The normalized spacial score (nSPS) is 11.6. The van der Waals surface area contributed by atoms with Crippen LogP contribution in [-0.2, 0) is 14.8 Å². The molecule has 7 heteroatoms. The SMILES string of the molecule is CCN(CC)S(=O)(=O)c1ccc(C)c(NC(=O)CSc2cc(C)ccc2C)c1. The molecular formula is C21H28N2O3S2. The van der Waals surface area contributed by atoms with Crippen molar-refractivity contribution < 1.29 is 13.2 Å². The third kappa shape index (κ3) is 5.37. The molecule has 2 rings (SSSR count). The van der Waals surface area contributed by atoms with Crippen LogP contribution in [-0.4, -0.2) is 37.5 Å². The van der Waals surface area contributed by atoms with Gasteiger partial charge in [0.05, 0.1) is 10.6 Å². The van der Waals surface area contributed by atoms with Crippen molar-refractivity contribution in [3.8, 4) is 0 Å². The number of amides is 1. The number of carbonyl (C=O) groups excluding carboxylic acids is 1. The maximum atomic E-state index is 12.7. The zero-order valence-electron chi connectivity index (χ0n) is 17.1. The van der Waals surface area contributed by atoms with Crippen molar-refractivity contribution in [2.45, 2.75) is 44.4 Å². The lowest BCUT2D eigenvalue weighted by Crippen LogP contribution is -2.30. The highest BCUT2D eigenvalue weighted by molar-refractivity contribution is 8.00. The van der Waals surface area contributed by atoms with Gasteiger partial charge in [-0.25, -0.2) is 8.42 Å². The summed E-state index contributed by atoms with van der Waals surface area (Å²) in [5, 5.41) is 2.86. The number of thioether (sulfide) groups is 1. The van der Waals surface area contributed by atoms with Crippen LogP contribution in [0, 0.1) is 20.8 Å². The van der Waals surface area contributed by atoms with Crippen molar-refractivity contribution in [1.29, 1.82) is 0 Å². The monoisotopic (exact) mass is 420 g/mol. The molecule has 0 fully saturated rings. The van der Waals surface area contributed by atoms with Gasteiger partial charge in [0.2, 0.25) is 15.9 Å². The zero-order chi connectivity index (χ0) is 20.9. The van der Waals surface area contributed by atoms with Crippen molar-refractivity contribution >= 4 is 33.4 Å². The van der Waals surface area contributed by atoms with Gasteiger partial charge in [-0.15, -0.1) is 11.8 Å². The largest absolute Gasteiger partial charge is 0.325 e. The molecule has 0 aliphatic heterocycles. The number of hydrogen-bond donors (Lipinski definition) is 1. The van der Waals surface area contributed by atoms with E-state index in [4.69, 9.17) is 0 Å². The van der Waals surface area contributed by atoms with E-state index in [1.54, 1.807) is 18.2 Å². The first-order valence-corrected chi connectivity index (χ1v) is 11.7. The molecule has 1 N–H and O–H groups in total. The Morgan fingerprint density at radius 3 is 2.29 bits per heavy atom. The van der Waals surface area contributed by atoms with Crippen molar-refractivity contribution in [3.05, 3.63) is 53.1 Å². The molecule has 0 aliphatic rings. The van der Waals surface area contributed by atoms with E-state index >= 15 is 0 Å². The lowest BCUT2D eigenvalue weighted by Gasteiger charge is -2.19. The maximum absolute atomic E-state index is 12.7. The van der Waals surface area contributed by atoms with E-state index in [1.807, 2.05) is 46.8 Å². The van der Waals surface area contributed by atoms with Gasteiger partial charge in [-0.05, 0) is 50.1 Å². The molecule has 5 nitrogen and oxygen atoms in total.